The van der Waals surface area contributed by atoms with Gasteiger partial charge in [-0.2, -0.15) is 0 Å². The predicted octanol–water partition coefficient (Wildman–Crippen LogP) is 18.2. The summed E-state index contributed by atoms with van der Waals surface area (Å²) in [6.07, 6.45) is 0. The number of rotatable bonds is 3. The fourth-order valence-corrected chi connectivity index (χ4v) is 14.3. The van der Waals surface area contributed by atoms with Crippen LogP contribution in [0.15, 0.2) is 173 Å². The molecule has 3 aromatic heterocycles. The molecule has 0 amide bonds. The fraction of sp³-hybridized carbons (Fsp3) is 0.143. The van der Waals surface area contributed by atoms with Gasteiger partial charge in [0.1, 0.15) is 22.3 Å². The van der Waals surface area contributed by atoms with Gasteiger partial charge in [0.2, 0.25) is 0 Å². The molecule has 3 nitrogen and oxygen atoms in total. The second kappa shape index (κ2) is 12.5. The van der Waals surface area contributed by atoms with E-state index in [0.717, 1.165) is 39.4 Å². The average molecular weight is 880 g/mol. The van der Waals surface area contributed by atoms with E-state index in [1.54, 1.807) is 0 Å². The van der Waals surface area contributed by atoms with E-state index in [9.17, 15) is 0 Å². The second-order valence-electron chi connectivity index (χ2n) is 20.8. The summed E-state index contributed by atoms with van der Waals surface area (Å²) in [5.41, 5.74) is 22.4. The molecule has 0 fully saturated rings. The lowest BCUT2D eigenvalue weighted by Crippen LogP contribution is -2.19. The number of para-hydroxylation sites is 2. The van der Waals surface area contributed by atoms with E-state index in [1.165, 1.54) is 108 Å². The number of anilines is 3. The van der Waals surface area contributed by atoms with Gasteiger partial charge < -0.3 is 13.7 Å². The summed E-state index contributed by atoms with van der Waals surface area (Å²) in [6, 6.07) is 61.2. The summed E-state index contributed by atoms with van der Waals surface area (Å²) >= 11 is 1.93. The van der Waals surface area contributed by atoms with Crippen molar-refractivity contribution in [1.29, 1.82) is 0 Å². The number of furan rings is 2. The normalized spacial score (nSPS) is 15.7. The molecule has 0 spiro atoms. The lowest BCUT2D eigenvalue weighted by atomic mass is 9.80. The van der Waals surface area contributed by atoms with Crippen LogP contribution in [-0.2, 0) is 16.2 Å². The topological polar surface area (TPSA) is 29.5 Å². The average Bonchev–Trinajstić information content (AvgIpc) is 4.15. The minimum atomic E-state index is -0.282. The van der Waals surface area contributed by atoms with Crippen LogP contribution < -0.4 is 4.90 Å². The molecule has 12 aromatic rings. The van der Waals surface area contributed by atoms with Gasteiger partial charge >= 0.3 is 0 Å². The first-order valence-corrected chi connectivity index (χ1v) is 24.4. The highest BCUT2D eigenvalue weighted by Gasteiger charge is 2.42. The summed E-state index contributed by atoms with van der Waals surface area (Å²) in [7, 11) is 0. The summed E-state index contributed by atoms with van der Waals surface area (Å²) in [6.45, 7) is 14.4. The van der Waals surface area contributed by atoms with Crippen LogP contribution in [0.3, 0.4) is 0 Å². The van der Waals surface area contributed by atoms with E-state index in [2.05, 4.69) is 210 Å². The Bertz CT molecular complexity index is 4030. The minimum absolute atomic E-state index is 0.197. The summed E-state index contributed by atoms with van der Waals surface area (Å²) in [5, 5.41) is 7.48. The molecule has 0 saturated carbocycles. The molecular formula is C63H45NO2S. The van der Waals surface area contributed by atoms with Crippen LogP contribution in [0.1, 0.15) is 74.9 Å². The highest BCUT2D eigenvalue weighted by molar-refractivity contribution is 7.26. The molecule has 320 valence electrons. The van der Waals surface area contributed by atoms with Gasteiger partial charge in [0.15, 0.2) is 0 Å². The highest BCUT2D eigenvalue weighted by atomic mass is 32.1. The molecule has 0 saturated heterocycles. The summed E-state index contributed by atoms with van der Waals surface area (Å²) < 4.78 is 15.7. The van der Waals surface area contributed by atoms with Crippen LogP contribution in [0, 0.1) is 0 Å². The Kier molecular flexibility index (Phi) is 7.06. The molecule has 9 aromatic carbocycles. The second-order valence-corrected chi connectivity index (χ2v) is 21.8. The van der Waals surface area contributed by atoms with Crippen molar-refractivity contribution in [1.82, 2.24) is 0 Å². The zero-order valence-corrected chi connectivity index (χ0v) is 39.1. The number of hydrogen-bond donors (Lipinski definition) is 0. The molecule has 0 aliphatic heterocycles. The molecule has 0 atom stereocenters. The largest absolute Gasteiger partial charge is 0.456 e. The summed E-state index contributed by atoms with van der Waals surface area (Å²) in [4.78, 5) is 2.53. The third kappa shape index (κ3) is 4.71. The molecular weight excluding hydrogens is 835 g/mol. The number of benzene rings is 9. The summed E-state index contributed by atoms with van der Waals surface area (Å²) in [5.74, 6) is 0. The van der Waals surface area contributed by atoms with Crippen LogP contribution in [-0.4, -0.2) is 0 Å². The lowest BCUT2D eigenvalue weighted by molar-refractivity contribution is 0.656. The Hall–Kier alpha value is -7.40. The van der Waals surface area contributed by atoms with Crippen molar-refractivity contribution in [3.63, 3.8) is 0 Å². The molecule has 3 aliphatic rings. The van der Waals surface area contributed by atoms with E-state index in [4.69, 9.17) is 8.83 Å². The molecule has 3 aliphatic carbocycles. The van der Waals surface area contributed by atoms with Gasteiger partial charge in [-0.05, 0) is 128 Å². The first-order chi connectivity index (χ1) is 32.5. The van der Waals surface area contributed by atoms with Crippen LogP contribution in [0.25, 0.3) is 97.4 Å². The molecule has 0 radical (unpaired) electrons. The number of fused-ring (bicyclic) bond motifs is 21. The molecule has 15 rings (SSSR count). The Labute approximate surface area is 392 Å². The smallest absolute Gasteiger partial charge is 0.135 e. The number of thiophene rings is 1. The monoisotopic (exact) mass is 879 g/mol. The van der Waals surface area contributed by atoms with Gasteiger partial charge in [0.25, 0.3) is 0 Å². The Morgan fingerprint density at radius 2 is 0.836 bits per heavy atom. The number of hydrogen-bond acceptors (Lipinski definition) is 4. The maximum absolute atomic E-state index is 6.47. The van der Waals surface area contributed by atoms with Crippen molar-refractivity contribution in [2.75, 3.05) is 4.90 Å². The van der Waals surface area contributed by atoms with E-state index in [1.807, 2.05) is 11.3 Å². The number of nitrogens with zero attached hydrogens (tertiary/aromatic N) is 1. The van der Waals surface area contributed by atoms with Gasteiger partial charge in [-0.25, -0.2) is 0 Å². The van der Waals surface area contributed by atoms with Crippen molar-refractivity contribution < 1.29 is 8.83 Å². The maximum atomic E-state index is 6.47. The van der Waals surface area contributed by atoms with Crippen LogP contribution in [0.4, 0.5) is 17.1 Å². The van der Waals surface area contributed by atoms with Gasteiger partial charge in [0.05, 0.1) is 0 Å². The van der Waals surface area contributed by atoms with E-state index >= 15 is 0 Å². The molecule has 3 heterocycles. The van der Waals surface area contributed by atoms with Gasteiger partial charge in [-0.1, -0.05) is 139 Å². The van der Waals surface area contributed by atoms with Gasteiger partial charge in [-0.3, -0.25) is 0 Å². The van der Waals surface area contributed by atoms with Crippen molar-refractivity contribution in [2.24, 2.45) is 0 Å². The van der Waals surface area contributed by atoms with Crippen LogP contribution in [0.2, 0.25) is 0 Å². The molecule has 0 N–H and O–H groups in total. The van der Waals surface area contributed by atoms with E-state index in [-0.39, 0.29) is 16.2 Å². The third-order valence-electron chi connectivity index (χ3n) is 16.2. The zero-order chi connectivity index (χ0) is 44.9. The van der Waals surface area contributed by atoms with Crippen molar-refractivity contribution in [2.45, 2.75) is 57.8 Å². The first kappa shape index (κ1) is 37.8. The minimum Gasteiger partial charge on any atom is -0.456 e. The SMILES string of the molecule is CC1(C)c2cc(N(c3ccc4c(c3)C(C)(C)c3c-4ccc4oc5ccccc5c34)c3ccc4c(c3)C(C)(C)c3c-4ccc4oc5ccccc5c34)ccc2-c2c1ccc1c2sc2ccccc21. The molecule has 67 heavy (non-hydrogen) atoms. The lowest BCUT2D eigenvalue weighted by Gasteiger charge is -2.31. The Balaban J connectivity index is 0.943. The quantitative estimate of drug-likeness (QED) is 0.177. The fourth-order valence-electron chi connectivity index (χ4n) is 13.1. The standard InChI is InChI=1S/C63H45NO2S/c1-61(2)46-28-25-42-39-13-9-12-18-54(39)67-60(42)55(46)43-24-21-36(33-49(43)61)64(34-19-22-37-40-26-29-52-56(44-14-7-10-16-50(44)65-52)58(40)62(3,4)47(37)31-34)35-20-23-38-41-27-30-53-57(45-15-8-11-17-51(45)66-53)59(41)63(5,6)48(38)32-35/h7-33H,1-6H3. The van der Waals surface area contributed by atoms with Gasteiger partial charge in [-0.15, -0.1) is 11.3 Å². The third-order valence-corrected chi connectivity index (χ3v) is 17.4. The Morgan fingerprint density at radius 1 is 0.373 bits per heavy atom. The molecule has 4 heteroatoms. The molecule has 0 bridgehead atoms. The van der Waals surface area contributed by atoms with Gasteiger partial charge in [0, 0.05) is 80.6 Å². The van der Waals surface area contributed by atoms with Crippen molar-refractivity contribution >= 4 is 92.4 Å². The molecule has 0 unspecified atom stereocenters. The maximum Gasteiger partial charge on any atom is 0.135 e. The first-order valence-electron chi connectivity index (χ1n) is 23.6. The van der Waals surface area contributed by atoms with E-state index in [0.29, 0.717) is 0 Å². The predicted molar refractivity (Wildman–Crippen MR) is 281 cm³/mol. The van der Waals surface area contributed by atoms with E-state index < -0.39 is 0 Å². The van der Waals surface area contributed by atoms with Crippen molar-refractivity contribution in [3.05, 3.63) is 197 Å². The van der Waals surface area contributed by atoms with Crippen LogP contribution in [0.5, 0.6) is 0 Å². The van der Waals surface area contributed by atoms with Crippen LogP contribution >= 0.6 is 11.3 Å². The zero-order valence-electron chi connectivity index (χ0n) is 38.3. The Morgan fingerprint density at radius 3 is 1.39 bits per heavy atom. The van der Waals surface area contributed by atoms with Crippen molar-refractivity contribution in [3.8, 4) is 33.4 Å². The highest BCUT2D eigenvalue weighted by Crippen LogP contribution is 2.59.